The maximum absolute atomic E-state index is 11.4. The summed E-state index contributed by atoms with van der Waals surface area (Å²) in [6.45, 7) is 3.73. The van der Waals surface area contributed by atoms with Crippen molar-refractivity contribution in [1.82, 2.24) is 0 Å². The molecular formula is C11H12Br2ClNO2. The molecule has 0 amide bonds. The third kappa shape index (κ3) is 4.85. The molecule has 0 aromatic heterocycles. The van der Waals surface area contributed by atoms with E-state index in [-0.39, 0.29) is 18.6 Å². The van der Waals surface area contributed by atoms with Crippen LogP contribution in [0.5, 0.6) is 0 Å². The van der Waals surface area contributed by atoms with Gasteiger partial charge >= 0.3 is 5.97 Å². The number of rotatable bonds is 4. The molecule has 0 unspecified atom stereocenters. The lowest BCUT2D eigenvalue weighted by Gasteiger charge is -2.12. The summed E-state index contributed by atoms with van der Waals surface area (Å²) in [6.07, 6.45) is -0.110. The second-order valence-corrected chi connectivity index (χ2v) is 5.78. The lowest BCUT2D eigenvalue weighted by atomic mass is 10.3. The Morgan fingerprint density at radius 3 is 2.41 bits per heavy atom. The monoisotopic (exact) mass is 383 g/mol. The van der Waals surface area contributed by atoms with Crippen LogP contribution in [0, 0.1) is 0 Å². The van der Waals surface area contributed by atoms with Gasteiger partial charge in [-0.05, 0) is 57.8 Å². The van der Waals surface area contributed by atoms with Gasteiger partial charge in [-0.3, -0.25) is 4.79 Å². The fourth-order valence-electron chi connectivity index (χ4n) is 1.18. The summed E-state index contributed by atoms with van der Waals surface area (Å²) in [5.74, 6) is -0.297. The number of carbonyl (C=O) groups is 1. The highest BCUT2D eigenvalue weighted by Crippen LogP contribution is 2.33. The fourth-order valence-corrected chi connectivity index (χ4v) is 3.12. The Morgan fingerprint density at radius 1 is 1.41 bits per heavy atom. The van der Waals surface area contributed by atoms with E-state index in [0.717, 1.165) is 14.6 Å². The molecular weight excluding hydrogens is 373 g/mol. The van der Waals surface area contributed by atoms with E-state index < -0.39 is 0 Å². The molecule has 1 aromatic carbocycles. The molecule has 0 aliphatic heterocycles. The van der Waals surface area contributed by atoms with E-state index in [1.165, 1.54) is 0 Å². The van der Waals surface area contributed by atoms with Gasteiger partial charge in [-0.2, -0.15) is 0 Å². The molecule has 0 radical (unpaired) electrons. The van der Waals surface area contributed by atoms with Crippen molar-refractivity contribution < 1.29 is 9.53 Å². The van der Waals surface area contributed by atoms with Gasteiger partial charge in [0.05, 0.1) is 11.8 Å². The molecule has 1 aromatic rings. The Bertz CT molecular complexity index is 401. The van der Waals surface area contributed by atoms with Crippen LogP contribution in [0.4, 0.5) is 5.69 Å². The molecule has 0 fully saturated rings. The van der Waals surface area contributed by atoms with Gasteiger partial charge in [0, 0.05) is 14.0 Å². The molecule has 0 atom stereocenters. The molecule has 94 valence electrons. The van der Waals surface area contributed by atoms with Crippen molar-refractivity contribution in [3.8, 4) is 0 Å². The van der Waals surface area contributed by atoms with Crippen molar-refractivity contribution in [2.24, 2.45) is 0 Å². The van der Waals surface area contributed by atoms with Gasteiger partial charge in [-0.1, -0.05) is 11.6 Å². The molecule has 1 rings (SSSR count). The predicted molar refractivity (Wildman–Crippen MR) is 76.6 cm³/mol. The van der Waals surface area contributed by atoms with Gasteiger partial charge in [0.25, 0.3) is 0 Å². The molecule has 0 aliphatic carbocycles. The van der Waals surface area contributed by atoms with E-state index >= 15 is 0 Å². The van der Waals surface area contributed by atoms with Crippen LogP contribution in [0.25, 0.3) is 0 Å². The topological polar surface area (TPSA) is 38.3 Å². The number of hydrogen-bond acceptors (Lipinski definition) is 3. The van der Waals surface area contributed by atoms with E-state index in [2.05, 4.69) is 37.2 Å². The minimum Gasteiger partial charge on any atom is -0.462 e. The van der Waals surface area contributed by atoms with Crippen molar-refractivity contribution in [2.75, 3.05) is 11.9 Å². The number of esters is 1. The molecule has 0 spiro atoms. The first kappa shape index (κ1) is 14.8. The lowest BCUT2D eigenvalue weighted by Crippen LogP contribution is -2.20. The third-order valence-electron chi connectivity index (χ3n) is 1.78. The quantitative estimate of drug-likeness (QED) is 0.789. The van der Waals surface area contributed by atoms with E-state index in [0.29, 0.717) is 5.02 Å². The van der Waals surface area contributed by atoms with E-state index in [4.69, 9.17) is 16.3 Å². The Kier molecular flexibility index (Phi) is 5.76. The number of benzene rings is 1. The summed E-state index contributed by atoms with van der Waals surface area (Å²) in [6, 6.07) is 3.50. The van der Waals surface area contributed by atoms with Gasteiger partial charge in [0.15, 0.2) is 0 Å². The Hall–Kier alpha value is -0.260. The van der Waals surface area contributed by atoms with Crippen LogP contribution in [0.15, 0.2) is 21.1 Å². The summed E-state index contributed by atoms with van der Waals surface area (Å²) >= 11 is 12.6. The average Bonchev–Trinajstić information content (AvgIpc) is 2.14. The normalized spacial score (nSPS) is 10.5. The smallest absolute Gasteiger partial charge is 0.325 e. The van der Waals surface area contributed by atoms with Gasteiger partial charge in [-0.15, -0.1) is 0 Å². The first-order valence-corrected chi connectivity index (χ1v) is 6.94. The summed E-state index contributed by atoms with van der Waals surface area (Å²) in [5.41, 5.74) is 0.773. The summed E-state index contributed by atoms with van der Waals surface area (Å²) < 4.78 is 6.59. The fraction of sp³-hybridized carbons (Fsp3) is 0.364. The van der Waals surface area contributed by atoms with Crippen LogP contribution < -0.4 is 5.32 Å². The molecule has 0 bridgehead atoms. The number of nitrogens with one attached hydrogen (secondary N) is 1. The van der Waals surface area contributed by atoms with Crippen molar-refractivity contribution in [3.63, 3.8) is 0 Å². The van der Waals surface area contributed by atoms with Crippen molar-refractivity contribution >= 4 is 55.1 Å². The van der Waals surface area contributed by atoms with E-state index in [1.807, 2.05) is 13.8 Å². The Morgan fingerprint density at radius 2 is 1.94 bits per heavy atom. The van der Waals surface area contributed by atoms with Crippen molar-refractivity contribution in [1.29, 1.82) is 0 Å². The molecule has 17 heavy (non-hydrogen) atoms. The molecule has 0 saturated carbocycles. The Balaban J connectivity index is 2.67. The number of halogens is 3. The number of carbonyl (C=O) groups excluding carboxylic acids is 1. The van der Waals surface area contributed by atoms with Crippen LogP contribution in [-0.4, -0.2) is 18.6 Å². The largest absolute Gasteiger partial charge is 0.462 e. The number of hydrogen-bond donors (Lipinski definition) is 1. The molecule has 3 nitrogen and oxygen atoms in total. The van der Waals surface area contributed by atoms with E-state index in [9.17, 15) is 4.79 Å². The molecule has 6 heteroatoms. The minimum absolute atomic E-state index is 0.108. The zero-order valence-corrected chi connectivity index (χ0v) is 13.3. The molecule has 1 N–H and O–H groups in total. The SMILES string of the molecule is CC(C)OC(=O)CNc1c(Br)cc(Cl)cc1Br. The Labute approximate surface area is 122 Å². The second kappa shape index (κ2) is 6.61. The highest BCUT2D eigenvalue weighted by atomic mass is 79.9. The first-order chi connectivity index (χ1) is 7.90. The predicted octanol–water partition coefficient (Wildman–Crippen LogP) is 4.23. The summed E-state index contributed by atoms with van der Waals surface area (Å²) in [7, 11) is 0. The molecule has 0 heterocycles. The van der Waals surface area contributed by atoms with Gasteiger partial charge in [-0.25, -0.2) is 0 Å². The van der Waals surface area contributed by atoms with Crippen LogP contribution >= 0.6 is 43.5 Å². The van der Waals surface area contributed by atoms with Crippen molar-refractivity contribution in [3.05, 3.63) is 26.1 Å². The third-order valence-corrected chi connectivity index (χ3v) is 3.25. The highest BCUT2D eigenvalue weighted by Gasteiger charge is 2.10. The van der Waals surface area contributed by atoms with Crippen LogP contribution in [0.1, 0.15) is 13.8 Å². The number of ether oxygens (including phenoxy) is 1. The van der Waals surface area contributed by atoms with Gasteiger partial charge < -0.3 is 10.1 Å². The average molecular weight is 385 g/mol. The van der Waals surface area contributed by atoms with E-state index in [1.54, 1.807) is 12.1 Å². The summed E-state index contributed by atoms with van der Waals surface area (Å²) in [5, 5.41) is 3.60. The molecule has 0 aliphatic rings. The minimum atomic E-state index is -0.297. The van der Waals surface area contributed by atoms with Crippen LogP contribution in [0.3, 0.4) is 0 Å². The lowest BCUT2D eigenvalue weighted by molar-refractivity contribution is -0.145. The highest BCUT2D eigenvalue weighted by molar-refractivity contribution is 9.11. The summed E-state index contributed by atoms with van der Waals surface area (Å²) in [4.78, 5) is 11.4. The first-order valence-electron chi connectivity index (χ1n) is 4.98. The van der Waals surface area contributed by atoms with Crippen LogP contribution in [0.2, 0.25) is 5.02 Å². The number of anilines is 1. The second-order valence-electron chi connectivity index (χ2n) is 3.64. The maximum Gasteiger partial charge on any atom is 0.325 e. The van der Waals surface area contributed by atoms with Gasteiger partial charge in [0.2, 0.25) is 0 Å². The zero-order valence-electron chi connectivity index (χ0n) is 9.39. The zero-order chi connectivity index (χ0) is 13.0. The van der Waals surface area contributed by atoms with Crippen molar-refractivity contribution in [2.45, 2.75) is 20.0 Å². The van der Waals surface area contributed by atoms with Crippen LogP contribution in [-0.2, 0) is 9.53 Å². The van der Waals surface area contributed by atoms with Gasteiger partial charge in [0.1, 0.15) is 6.54 Å². The molecule has 0 saturated heterocycles. The standard InChI is InChI=1S/C11H12Br2ClNO2/c1-6(2)17-10(16)5-15-11-8(12)3-7(14)4-9(11)13/h3-4,6,15H,5H2,1-2H3. The maximum atomic E-state index is 11.4.